The summed E-state index contributed by atoms with van der Waals surface area (Å²) in [6.45, 7) is 7.67. The van der Waals surface area contributed by atoms with Gasteiger partial charge in [-0.1, -0.05) is 12.7 Å². The molecule has 1 rings (SSSR count). The van der Waals surface area contributed by atoms with Crippen LogP contribution in [0.15, 0.2) is 54.2 Å². The fourth-order valence-corrected chi connectivity index (χ4v) is 1.06. The van der Waals surface area contributed by atoms with Crippen LogP contribution in [0.25, 0.3) is 0 Å². The molecule has 0 aromatic carbocycles. The molecule has 1 aromatic rings. The van der Waals surface area contributed by atoms with Crippen molar-refractivity contribution in [3.05, 3.63) is 54.2 Å². The molecule has 0 N–H and O–H groups in total. The van der Waals surface area contributed by atoms with Gasteiger partial charge in [-0.2, -0.15) is 5.10 Å². The number of aromatic nitrogens is 2. The molecule has 80 valence electrons. The highest BCUT2D eigenvalue weighted by molar-refractivity contribution is 5.27. The summed E-state index contributed by atoms with van der Waals surface area (Å²) in [5, 5.41) is 4.05. The number of rotatable bonds is 4. The van der Waals surface area contributed by atoms with E-state index >= 15 is 0 Å². The van der Waals surface area contributed by atoms with Crippen molar-refractivity contribution in [3.8, 4) is 0 Å². The van der Waals surface area contributed by atoms with Gasteiger partial charge in [0.25, 0.3) is 0 Å². The van der Waals surface area contributed by atoms with E-state index in [0.29, 0.717) is 12.1 Å². The number of nitrogens with zero attached hydrogens (tertiary/aromatic N) is 2. The quantitative estimate of drug-likeness (QED) is 0.691. The van der Waals surface area contributed by atoms with Crippen LogP contribution in [0.5, 0.6) is 0 Å². The van der Waals surface area contributed by atoms with Crippen LogP contribution in [-0.4, -0.2) is 9.78 Å². The van der Waals surface area contributed by atoms with Gasteiger partial charge in [0.05, 0.1) is 6.54 Å². The Hall–Kier alpha value is -1.64. The van der Waals surface area contributed by atoms with E-state index in [1.807, 2.05) is 12.3 Å². The van der Waals surface area contributed by atoms with Crippen LogP contribution >= 0.6 is 0 Å². The van der Waals surface area contributed by atoms with Crippen molar-refractivity contribution >= 4 is 0 Å². The molecule has 1 aromatic heterocycles. The van der Waals surface area contributed by atoms with Crippen LogP contribution in [-0.2, 0) is 6.54 Å². The maximum Gasteiger partial charge on any atom is 0.122 e. The van der Waals surface area contributed by atoms with Gasteiger partial charge in [0.1, 0.15) is 5.83 Å². The molecule has 0 radical (unpaired) electrons. The first-order valence-corrected chi connectivity index (χ1v) is 4.77. The molecule has 0 bridgehead atoms. The summed E-state index contributed by atoms with van der Waals surface area (Å²) in [4.78, 5) is 0. The van der Waals surface area contributed by atoms with Crippen molar-refractivity contribution in [1.82, 2.24) is 9.78 Å². The number of hydrogen-bond donors (Lipinski definition) is 0. The summed E-state index contributed by atoms with van der Waals surface area (Å²) in [6, 6.07) is 1.83. The van der Waals surface area contributed by atoms with Crippen molar-refractivity contribution in [2.45, 2.75) is 20.4 Å². The summed E-state index contributed by atoms with van der Waals surface area (Å²) >= 11 is 0. The number of allylic oxidation sites excluding steroid dienone is 5. The number of hydrogen-bond acceptors (Lipinski definition) is 1. The van der Waals surface area contributed by atoms with Crippen molar-refractivity contribution < 1.29 is 4.39 Å². The third-order valence-electron chi connectivity index (χ3n) is 1.96. The smallest absolute Gasteiger partial charge is 0.122 e. The molecule has 0 saturated carbocycles. The summed E-state index contributed by atoms with van der Waals surface area (Å²) in [5.41, 5.74) is 1.47. The minimum atomic E-state index is -0.211. The van der Waals surface area contributed by atoms with E-state index in [-0.39, 0.29) is 5.83 Å². The zero-order valence-electron chi connectivity index (χ0n) is 9.07. The molecule has 0 amide bonds. The van der Waals surface area contributed by atoms with Crippen LogP contribution in [0.3, 0.4) is 0 Å². The van der Waals surface area contributed by atoms with Crippen molar-refractivity contribution in [2.75, 3.05) is 0 Å². The fourth-order valence-electron chi connectivity index (χ4n) is 1.06. The molecular formula is C12H15FN2. The molecule has 0 saturated heterocycles. The minimum absolute atomic E-state index is 0.211. The lowest BCUT2D eigenvalue weighted by Crippen LogP contribution is -2.00. The SMILES string of the molecule is C=C/C(=C\C(F)=C(C)C)Cn1cccn1. The molecule has 0 aliphatic rings. The minimum Gasteiger partial charge on any atom is -0.268 e. The van der Waals surface area contributed by atoms with Gasteiger partial charge in [-0.05, 0) is 37.1 Å². The molecule has 0 spiro atoms. The molecule has 1 heterocycles. The highest BCUT2D eigenvalue weighted by Crippen LogP contribution is 2.11. The second kappa shape index (κ2) is 5.29. The Labute approximate surface area is 89.4 Å². The van der Waals surface area contributed by atoms with E-state index in [4.69, 9.17) is 0 Å². The standard InChI is InChI=1S/C12H15FN2/c1-4-11(8-12(13)10(2)3)9-15-7-5-6-14-15/h4-8H,1,9H2,2-3H3/b11-8+. The Balaban J connectivity index is 2.81. The summed E-state index contributed by atoms with van der Waals surface area (Å²) < 4.78 is 15.0. The lowest BCUT2D eigenvalue weighted by molar-refractivity contribution is 0.643. The van der Waals surface area contributed by atoms with Crippen LogP contribution in [0, 0.1) is 0 Å². The second-order valence-corrected chi connectivity index (χ2v) is 3.47. The fraction of sp³-hybridized carbons (Fsp3) is 0.250. The van der Waals surface area contributed by atoms with E-state index in [1.165, 1.54) is 6.08 Å². The highest BCUT2D eigenvalue weighted by atomic mass is 19.1. The lowest BCUT2D eigenvalue weighted by atomic mass is 10.2. The maximum atomic E-state index is 13.3. The third kappa shape index (κ3) is 3.54. The molecule has 0 fully saturated rings. The van der Waals surface area contributed by atoms with E-state index < -0.39 is 0 Å². The predicted molar refractivity (Wildman–Crippen MR) is 60.0 cm³/mol. The van der Waals surface area contributed by atoms with E-state index in [0.717, 1.165) is 5.57 Å². The maximum absolute atomic E-state index is 13.3. The van der Waals surface area contributed by atoms with Gasteiger partial charge in [0.2, 0.25) is 0 Å². The topological polar surface area (TPSA) is 17.8 Å². The Morgan fingerprint density at radius 2 is 2.27 bits per heavy atom. The molecule has 0 aliphatic carbocycles. The summed E-state index contributed by atoms with van der Waals surface area (Å²) in [7, 11) is 0. The molecule has 0 aliphatic heterocycles. The van der Waals surface area contributed by atoms with Gasteiger partial charge in [-0.3, -0.25) is 4.68 Å². The largest absolute Gasteiger partial charge is 0.268 e. The van der Waals surface area contributed by atoms with E-state index in [9.17, 15) is 4.39 Å². The first-order valence-electron chi connectivity index (χ1n) is 4.77. The molecular weight excluding hydrogens is 191 g/mol. The van der Waals surface area contributed by atoms with Gasteiger partial charge >= 0.3 is 0 Å². The number of halogens is 1. The summed E-state index contributed by atoms with van der Waals surface area (Å²) in [5.74, 6) is -0.211. The predicted octanol–water partition coefficient (Wildman–Crippen LogP) is 3.26. The first kappa shape index (κ1) is 11.4. The van der Waals surface area contributed by atoms with E-state index in [1.54, 1.807) is 30.8 Å². The van der Waals surface area contributed by atoms with Crippen molar-refractivity contribution in [2.24, 2.45) is 0 Å². The Morgan fingerprint density at radius 1 is 1.53 bits per heavy atom. The second-order valence-electron chi connectivity index (χ2n) is 3.47. The van der Waals surface area contributed by atoms with Crippen LogP contribution < -0.4 is 0 Å². The highest BCUT2D eigenvalue weighted by Gasteiger charge is 1.98. The van der Waals surface area contributed by atoms with Crippen molar-refractivity contribution in [1.29, 1.82) is 0 Å². The van der Waals surface area contributed by atoms with E-state index in [2.05, 4.69) is 11.7 Å². The van der Waals surface area contributed by atoms with Crippen LogP contribution in [0.4, 0.5) is 4.39 Å². The van der Waals surface area contributed by atoms with Crippen molar-refractivity contribution in [3.63, 3.8) is 0 Å². The molecule has 0 atom stereocenters. The molecule has 15 heavy (non-hydrogen) atoms. The Kier molecular flexibility index (Phi) is 4.03. The zero-order valence-corrected chi connectivity index (χ0v) is 9.07. The van der Waals surface area contributed by atoms with Crippen LogP contribution in [0.2, 0.25) is 0 Å². The molecule has 3 heteroatoms. The molecule has 0 unspecified atom stereocenters. The average Bonchev–Trinajstić information content (AvgIpc) is 2.69. The Bertz CT molecular complexity index is 382. The van der Waals surface area contributed by atoms with Gasteiger partial charge < -0.3 is 0 Å². The molecule has 2 nitrogen and oxygen atoms in total. The lowest BCUT2D eigenvalue weighted by Gasteiger charge is -2.02. The van der Waals surface area contributed by atoms with Gasteiger partial charge in [0.15, 0.2) is 0 Å². The zero-order chi connectivity index (χ0) is 11.3. The summed E-state index contributed by atoms with van der Waals surface area (Å²) in [6.07, 6.45) is 6.66. The van der Waals surface area contributed by atoms with Gasteiger partial charge in [0, 0.05) is 12.4 Å². The van der Waals surface area contributed by atoms with Crippen LogP contribution in [0.1, 0.15) is 13.8 Å². The van der Waals surface area contributed by atoms with Gasteiger partial charge in [-0.15, -0.1) is 0 Å². The third-order valence-corrected chi connectivity index (χ3v) is 1.96. The Morgan fingerprint density at radius 3 is 2.73 bits per heavy atom. The van der Waals surface area contributed by atoms with Gasteiger partial charge in [-0.25, -0.2) is 4.39 Å². The first-order chi connectivity index (χ1) is 7.13. The normalized spacial score (nSPS) is 11.3. The average molecular weight is 206 g/mol. The monoisotopic (exact) mass is 206 g/mol.